The molecule has 0 unspecified atom stereocenters. The first-order valence-electron chi connectivity index (χ1n) is 14.4. The van der Waals surface area contributed by atoms with Crippen LogP contribution in [0.15, 0.2) is 59.4 Å². The van der Waals surface area contributed by atoms with E-state index in [9.17, 15) is 4.79 Å². The highest BCUT2D eigenvalue weighted by molar-refractivity contribution is 6.08. The molecule has 0 atom stereocenters. The largest absolute Gasteiger partial charge is 0.381 e. The molecule has 218 valence electrons. The molecular formula is C32H32N8O3. The summed E-state index contributed by atoms with van der Waals surface area (Å²) in [4.78, 5) is 30.1. The number of pyridine rings is 1. The summed E-state index contributed by atoms with van der Waals surface area (Å²) >= 11 is 0. The lowest BCUT2D eigenvalue weighted by Crippen LogP contribution is -2.21. The third-order valence-electron chi connectivity index (χ3n) is 7.94. The van der Waals surface area contributed by atoms with E-state index in [2.05, 4.69) is 43.1 Å². The van der Waals surface area contributed by atoms with Gasteiger partial charge >= 0.3 is 0 Å². The van der Waals surface area contributed by atoms with Gasteiger partial charge in [-0.15, -0.1) is 0 Å². The van der Waals surface area contributed by atoms with Crippen molar-refractivity contribution in [2.24, 2.45) is 0 Å². The number of carbonyl (C=O) groups excluding carboxylic acids is 1. The number of nitrogens with zero attached hydrogens (tertiary/aromatic N) is 6. The van der Waals surface area contributed by atoms with Crippen LogP contribution < -0.4 is 5.32 Å². The van der Waals surface area contributed by atoms with Crippen LogP contribution in [-0.4, -0.2) is 54.0 Å². The van der Waals surface area contributed by atoms with Crippen LogP contribution in [0.4, 0.5) is 5.69 Å². The molecule has 1 fully saturated rings. The van der Waals surface area contributed by atoms with E-state index in [0.717, 1.165) is 70.6 Å². The molecule has 0 spiro atoms. The van der Waals surface area contributed by atoms with Crippen molar-refractivity contribution in [3.05, 3.63) is 72.3 Å². The second-order valence-electron chi connectivity index (χ2n) is 11.9. The molecule has 11 nitrogen and oxygen atoms in total. The Labute approximate surface area is 247 Å². The van der Waals surface area contributed by atoms with Crippen molar-refractivity contribution in [1.82, 2.24) is 34.9 Å². The summed E-state index contributed by atoms with van der Waals surface area (Å²) in [6.07, 6.45) is 5.57. The predicted octanol–water partition coefficient (Wildman–Crippen LogP) is 6.23. The standard InChI is InChI=1S/C32H32N8O3/c1-18-24(17-34-40(18)21-11-14-42-15-12-21)27-36-26-23(10-13-33-28(26)37-27)20-8-9-22-19(16-20)6-5-7-25(22)35-30(41)29-38-31(43-39-29)32(2,3)4/h5-10,13,16-17,21H,11-12,14-15H2,1-4H3,(H,35,41)(H,33,36,37). The molecule has 2 N–H and O–H groups in total. The Balaban J connectivity index is 1.19. The van der Waals surface area contributed by atoms with E-state index in [-0.39, 0.29) is 11.2 Å². The Hall–Kier alpha value is -4.90. The number of aromatic nitrogens is 7. The second kappa shape index (κ2) is 10.4. The Kier molecular flexibility index (Phi) is 6.54. The van der Waals surface area contributed by atoms with E-state index in [1.165, 1.54) is 0 Å². The van der Waals surface area contributed by atoms with Gasteiger partial charge in [-0.25, -0.2) is 9.97 Å². The van der Waals surface area contributed by atoms with Gasteiger partial charge in [0, 0.05) is 47.2 Å². The van der Waals surface area contributed by atoms with Crippen LogP contribution >= 0.6 is 0 Å². The SMILES string of the molecule is Cc1c(-c2nc3nccc(-c4ccc5c(NC(=O)c6noc(C(C)(C)C)n6)cccc5c4)c3[nH]2)cnn1C1CCOCC1. The number of H-pyrrole nitrogens is 1. The molecule has 43 heavy (non-hydrogen) atoms. The monoisotopic (exact) mass is 576 g/mol. The normalized spacial score (nSPS) is 14.5. The number of nitrogens with one attached hydrogen (secondary N) is 2. The van der Waals surface area contributed by atoms with Gasteiger partial charge in [0.05, 0.1) is 23.3 Å². The summed E-state index contributed by atoms with van der Waals surface area (Å²) in [5.41, 5.74) is 5.83. The minimum absolute atomic E-state index is 0.00122. The van der Waals surface area contributed by atoms with Gasteiger partial charge in [0.25, 0.3) is 11.7 Å². The van der Waals surface area contributed by atoms with Crippen molar-refractivity contribution >= 4 is 33.5 Å². The van der Waals surface area contributed by atoms with Gasteiger partial charge in [-0.05, 0) is 48.9 Å². The van der Waals surface area contributed by atoms with E-state index in [1.54, 1.807) is 6.20 Å². The number of rotatable bonds is 5. The van der Waals surface area contributed by atoms with Crippen LogP contribution in [0, 0.1) is 6.92 Å². The Morgan fingerprint density at radius 3 is 2.70 bits per heavy atom. The summed E-state index contributed by atoms with van der Waals surface area (Å²) < 4.78 is 12.9. The molecule has 2 aromatic carbocycles. The highest BCUT2D eigenvalue weighted by Crippen LogP contribution is 2.34. The highest BCUT2D eigenvalue weighted by atomic mass is 16.5. The van der Waals surface area contributed by atoms with Crippen LogP contribution in [0.3, 0.4) is 0 Å². The van der Waals surface area contributed by atoms with Crippen molar-refractivity contribution < 1.29 is 14.1 Å². The van der Waals surface area contributed by atoms with Crippen LogP contribution in [0.25, 0.3) is 44.5 Å². The number of fused-ring (bicyclic) bond motifs is 2. The number of ether oxygens (including phenoxy) is 1. The van der Waals surface area contributed by atoms with E-state index in [1.807, 2.05) is 63.4 Å². The molecule has 6 aromatic rings. The van der Waals surface area contributed by atoms with Gasteiger partial charge in [0.15, 0.2) is 5.65 Å². The Morgan fingerprint density at radius 2 is 1.91 bits per heavy atom. The first-order valence-corrected chi connectivity index (χ1v) is 14.4. The number of aromatic amines is 1. The Morgan fingerprint density at radius 1 is 1.07 bits per heavy atom. The van der Waals surface area contributed by atoms with Crippen LogP contribution in [0.1, 0.15) is 61.9 Å². The van der Waals surface area contributed by atoms with Crippen LogP contribution in [-0.2, 0) is 10.2 Å². The minimum Gasteiger partial charge on any atom is -0.381 e. The quantitative estimate of drug-likeness (QED) is 0.246. The maximum atomic E-state index is 12.9. The van der Waals surface area contributed by atoms with Crippen molar-refractivity contribution in [2.45, 2.75) is 52.0 Å². The lowest BCUT2D eigenvalue weighted by Gasteiger charge is -2.23. The summed E-state index contributed by atoms with van der Waals surface area (Å²) in [6, 6.07) is 14.2. The minimum atomic E-state index is -0.424. The lowest BCUT2D eigenvalue weighted by atomic mass is 9.97. The van der Waals surface area contributed by atoms with Crippen LogP contribution in [0.2, 0.25) is 0 Å². The molecule has 1 amide bonds. The summed E-state index contributed by atoms with van der Waals surface area (Å²) in [5, 5.41) is 13.4. The van der Waals surface area contributed by atoms with Crippen LogP contribution in [0.5, 0.6) is 0 Å². The zero-order chi connectivity index (χ0) is 29.7. The molecular weight excluding hydrogens is 544 g/mol. The molecule has 1 saturated heterocycles. The number of hydrogen-bond acceptors (Lipinski definition) is 8. The van der Waals surface area contributed by atoms with Gasteiger partial charge in [0.1, 0.15) is 5.82 Å². The molecule has 1 aliphatic heterocycles. The van der Waals surface area contributed by atoms with Gasteiger partial charge in [-0.3, -0.25) is 9.48 Å². The smallest absolute Gasteiger partial charge is 0.297 e. The van der Waals surface area contributed by atoms with Crippen molar-refractivity contribution in [1.29, 1.82) is 0 Å². The molecule has 4 aromatic heterocycles. The van der Waals surface area contributed by atoms with Gasteiger partial charge in [0.2, 0.25) is 5.89 Å². The van der Waals surface area contributed by atoms with Gasteiger partial charge < -0.3 is 19.6 Å². The number of benzene rings is 2. The predicted molar refractivity (Wildman–Crippen MR) is 163 cm³/mol. The molecule has 7 rings (SSSR count). The van der Waals surface area contributed by atoms with Gasteiger partial charge in [-0.1, -0.05) is 50.2 Å². The zero-order valence-corrected chi connectivity index (χ0v) is 24.5. The summed E-state index contributed by atoms with van der Waals surface area (Å²) in [5.74, 6) is 0.732. The second-order valence-corrected chi connectivity index (χ2v) is 11.9. The fourth-order valence-electron chi connectivity index (χ4n) is 5.59. The molecule has 11 heteroatoms. The average molecular weight is 577 g/mol. The zero-order valence-electron chi connectivity index (χ0n) is 24.5. The summed E-state index contributed by atoms with van der Waals surface area (Å²) in [7, 11) is 0. The summed E-state index contributed by atoms with van der Waals surface area (Å²) in [6.45, 7) is 9.46. The molecule has 0 bridgehead atoms. The first-order chi connectivity index (χ1) is 20.8. The third-order valence-corrected chi connectivity index (χ3v) is 7.94. The highest BCUT2D eigenvalue weighted by Gasteiger charge is 2.25. The molecule has 0 saturated carbocycles. The maximum absolute atomic E-state index is 12.9. The van der Waals surface area contributed by atoms with Gasteiger partial charge in [-0.2, -0.15) is 10.1 Å². The fraction of sp³-hybridized carbons (Fsp3) is 0.312. The number of imidazole rings is 1. The topological polar surface area (TPSA) is 137 Å². The molecule has 0 aliphatic carbocycles. The van der Waals surface area contributed by atoms with E-state index in [0.29, 0.717) is 23.3 Å². The Bertz CT molecular complexity index is 1970. The number of carbonyl (C=O) groups is 1. The first kappa shape index (κ1) is 27.0. The van der Waals surface area contributed by atoms with Crippen molar-refractivity contribution in [2.75, 3.05) is 18.5 Å². The number of amides is 1. The fourth-order valence-corrected chi connectivity index (χ4v) is 5.59. The third kappa shape index (κ3) is 4.95. The molecule has 1 aliphatic rings. The average Bonchev–Trinajstić information content (AvgIpc) is 3.75. The van der Waals surface area contributed by atoms with Crippen molar-refractivity contribution in [3.8, 4) is 22.5 Å². The maximum Gasteiger partial charge on any atom is 0.297 e. The number of anilines is 1. The van der Waals surface area contributed by atoms with Crippen molar-refractivity contribution in [3.63, 3.8) is 0 Å². The number of hydrogen-bond donors (Lipinski definition) is 2. The molecule has 0 radical (unpaired) electrons. The van der Waals surface area contributed by atoms with E-state index in [4.69, 9.17) is 19.3 Å². The molecule has 5 heterocycles. The van der Waals surface area contributed by atoms with E-state index < -0.39 is 5.91 Å². The lowest BCUT2D eigenvalue weighted by molar-refractivity contribution is 0.0657. The van der Waals surface area contributed by atoms with E-state index >= 15 is 0 Å².